The monoisotopic (exact) mass is 264 g/mol. The molecule has 0 amide bonds. The first-order valence-corrected chi connectivity index (χ1v) is 5.60. The number of aliphatic hydroxyl groups is 2. The fourth-order valence-electron chi connectivity index (χ4n) is 1.46. The normalized spacial score (nSPS) is 26.4. The summed E-state index contributed by atoms with van der Waals surface area (Å²) in [5, 5.41) is 32.5. The first kappa shape index (κ1) is 16.8. The van der Waals surface area contributed by atoms with Crippen molar-refractivity contribution in [3.05, 3.63) is 0 Å². The van der Waals surface area contributed by atoms with Gasteiger partial charge in [0, 0.05) is 12.1 Å². The molecule has 0 spiro atoms. The standard InChI is InChI=1S/C6H14N2.C4H6O6/c7-5-3-1-2-4-6(5)8;5-1(3(7)8)2(6)4(9)10/h5-6H,1-4,7-8H2;1-2,5-6H,(H,7,8)(H,9,10)/t5-,6-;/m1./s1. The molecule has 0 saturated heterocycles. The molecule has 8 N–H and O–H groups in total. The van der Waals surface area contributed by atoms with Crippen LogP contribution >= 0.6 is 0 Å². The lowest BCUT2D eigenvalue weighted by Gasteiger charge is -2.24. The fourth-order valence-corrected chi connectivity index (χ4v) is 1.46. The molecule has 8 nitrogen and oxygen atoms in total. The Bertz CT molecular complexity index is 258. The van der Waals surface area contributed by atoms with E-state index in [1.807, 2.05) is 0 Å². The summed E-state index contributed by atoms with van der Waals surface area (Å²) in [4.78, 5) is 19.5. The highest BCUT2D eigenvalue weighted by molar-refractivity contribution is 5.83. The van der Waals surface area contributed by atoms with Crippen LogP contribution in [0.15, 0.2) is 0 Å². The van der Waals surface area contributed by atoms with Crippen molar-refractivity contribution in [1.82, 2.24) is 0 Å². The summed E-state index contributed by atoms with van der Waals surface area (Å²) in [5.41, 5.74) is 11.3. The third-order valence-corrected chi connectivity index (χ3v) is 2.68. The molecule has 2 unspecified atom stereocenters. The predicted octanol–water partition coefficient (Wildman–Crippen LogP) is -1.91. The smallest absolute Gasteiger partial charge is 0.335 e. The van der Waals surface area contributed by atoms with Crippen molar-refractivity contribution in [3.63, 3.8) is 0 Å². The van der Waals surface area contributed by atoms with Gasteiger partial charge in [0.05, 0.1) is 0 Å². The molecule has 1 aliphatic carbocycles. The molecule has 4 atom stereocenters. The average Bonchev–Trinajstić information content (AvgIpc) is 2.31. The van der Waals surface area contributed by atoms with E-state index in [1.54, 1.807) is 0 Å². The number of carbonyl (C=O) groups is 2. The second-order valence-electron chi connectivity index (χ2n) is 4.18. The van der Waals surface area contributed by atoms with Crippen molar-refractivity contribution in [2.24, 2.45) is 11.5 Å². The number of aliphatic hydroxyl groups excluding tert-OH is 2. The largest absolute Gasteiger partial charge is 0.479 e. The Morgan fingerprint density at radius 1 is 0.889 bits per heavy atom. The van der Waals surface area contributed by atoms with Gasteiger partial charge in [-0.3, -0.25) is 0 Å². The van der Waals surface area contributed by atoms with E-state index in [-0.39, 0.29) is 12.1 Å². The molecule has 1 rings (SSSR count). The molecule has 0 bridgehead atoms. The van der Waals surface area contributed by atoms with Crippen LogP contribution in [-0.4, -0.2) is 56.7 Å². The fraction of sp³-hybridized carbons (Fsp3) is 0.800. The topological polar surface area (TPSA) is 167 Å². The minimum atomic E-state index is -2.27. The van der Waals surface area contributed by atoms with Crippen molar-refractivity contribution < 1.29 is 30.0 Å². The molecular weight excluding hydrogens is 244 g/mol. The van der Waals surface area contributed by atoms with Crippen LogP contribution < -0.4 is 11.5 Å². The van der Waals surface area contributed by atoms with E-state index >= 15 is 0 Å². The van der Waals surface area contributed by atoms with E-state index in [4.69, 9.17) is 31.9 Å². The summed E-state index contributed by atoms with van der Waals surface area (Å²) < 4.78 is 0. The van der Waals surface area contributed by atoms with Gasteiger partial charge in [0.15, 0.2) is 12.2 Å². The van der Waals surface area contributed by atoms with Crippen LogP contribution in [0, 0.1) is 0 Å². The zero-order chi connectivity index (χ0) is 14.3. The maximum absolute atomic E-state index is 9.77. The zero-order valence-electron chi connectivity index (χ0n) is 9.90. The third-order valence-electron chi connectivity index (χ3n) is 2.68. The lowest BCUT2D eigenvalue weighted by Crippen LogP contribution is -2.43. The molecule has 1 fully saturated rings. The predicted molar refractivity (Wildman–Crippen MR) is 61.7 cm³/mol. The van der Waals surface area contributed by atoms with Gasteiger partial charge in [-0.05, 0) is 12.8 Å². The molecule has 0 aromatic rings. The summed E-state index contributed by atoms with van der Waals surface area (Å²) in [6.45, 7) is 0. The van der Waals surface area contributed by atoms with E-state index in [9.17, 15) is 9.59 Å². The molecule has 0 aromatic carbocycles. The minimum absolute atomic E-state index is 0.281. The molecule has 106 valence electrons. The maximum atomic E-state index is 9.77. The number of aliphatic carboxylic acids is 2. The molecule has 0 aliphatic heterocycles. The van der Waals surface area contributed by atoms with Gasteiger partial charge >= 0.3 is 11.9 Å². The molecule has 1 saturated carbocycles. The van der Waals surface area contributed by atoms with Gasteiger partial charge in [-0.2, -0.15) is 0 Å². The van der Waals surface area contributed by atoms with Crippen LogP contribution in [0.4, 0.5) is 0 Å². The van der Waals surface area contributed by atoms with Crippen molar-refractivity contribution in [2.45, 2.75) is 50.0 Å². The van der Waals surface area contributed by atoms with Gasteiger partial charge in [-0.25, -0.2) is 9.59 Å². The van der Waals surface area contributed by atoms with Crippen LogP contribution in [0.2, 0.25) is 0 Å². The number of carboxylic acids is 2. The van der Waals surface area contributed by atoms with E-state index in [0.717, 1.165) is 12.8 Å². The molecule has 18 heavy (non-hydrogen) atoms. The van der Waals surface area contributed by atoms with E-state index in [2.05, 4.69) is 0 Å². The highest BCUT2D eigenvalue weighted by Gasteiger charge is 2.29. The van der Waals surface area contributed by atoms with Gasteiger partial charge in [0.2, 0.25) is 0 Å². The molecule has 8 heteroatoms. The molecule has 0 aromatic heterocycles. The van der Waals surface area contributed by atoms with Gasteiger partial charge in [-0.15, -0.1) is 0 Å². The Morgan fingerprint density at radius 2 is 1.17 bits per heavy atom. The number of carboxylic acid groups (broad SMARTS) is 2. The maximum Gasteiger partial charge on any atom is 0.335 e. The van der Waals surface area contributed by atoms with Crippen LogP contribution in [-0.2, 0) is 9.59 Å². The second-order valence-corrected chi connectivity index (χ2v) is 4.18. The third kappa shape index (κ3) is 5.92. The Labute approximate surface area is 104 Å². The second kappa shape index (κ2) is 7.98. The molecule has 0 radical (unpaired) electrons. The molecular formula is C10H20N2O6. The summed E-state index contributed by atoms with van der Waals surface area (Å²) >= 11 is 0. The van der Waals surface area contributed by atoms with Crippen LogP contribution in [0.25, 0.3) is 0 Å². The van der Waals surface area contributed by atoms with E-state index in [1.165, 1.54) is 12.8 Å². The van der Waals surface area contributed by atoms with Gasteiger partial charge < -0.3 is 31.9 Å². The number of rotatable bonds is 3. The van der Waals surface area contributed by atoms with Gasteiger partial charge in [0.1, 0.15) is 0 Å². The Morgan fingerprint density at radius 3 is 1.33 bits per heavy atom. The lowest BCUT2D eigenvalue weighted by molar-refractivity contribution is -0.165. The molecule has 0 heterocycles. The summed E-state index contributed by atoms with van der Waals surface area (Å²) in [7, 11) is 0. The van der Waals surface area contributed by atoms with Crippen LogP contribution in [0.3, 0.4) is 0 Å². The Hall–Kier alpha value is -1.22. The van der Waals surface area contributed by atoms with Crippen LogP contribution in [0.1, 0.15) is 25.7 Å². The SMILES string of the molecule is N[C@@H]1CCCC[C@H]1N.O=C(O)C(O)C(O)C(=O)O. The highest BCUT2D eigenvalue weighted by atomic mass is 16.4. The first-order valence-electron chi connectivity index (χ1n) is 5.60. The Balaban J connectivity index is 0.000000327. The average molecular weight is 264 g/mol. The summed E-state index contributed by atoms with van der Waals surface area (Å²) in [6.07, 6.45) is 0.265. The minimum Gasteiger partial charge on any atom is -0.479 e. The van der Waals surface area contributed by atoms with Gasteiger partial charge in [-0.1, -0.05) is 12.8 Å². The number of hydrogen-bond donors (Lipinski definition) is 6. The van der Waals surface area contributed by atoms with E-state index in [0.29, 0.717) is 0 Å². The summed E-state index contributed by atoms with van der Waals surface area (Å²) in [5.74, 6) is -3.54. The molecule has 1 aliphatic rings. The van der Waals surface area contributed by atoms with Crippen molar-refractivity contribution in [1.29, 1.82) is 0 Å². The quantitative estimate of drug-likeness (QED) is 0.343. The summed E-state index contributed by atoms with van der Waals surface area (Å²) in [6, 6.07) is 0.562. The van der Waals surface area contributed by atoms with Crippen molar-refractivity contribution in [2.75, 3.05) is 0 Å². The van der Waals surface area contributed by atoms with Gasteiger partial charge in [0.25, 0.3) is 0 Å². The number of nitrogens with two attached hydrogens (primary N) is 2. The first-order chi connectivity index (χ1) is 8.27. The van der Waals surface area contributed by atoms with Crippen molar-refractivity contribution in [3.8, 4) is 0 Å². The number of hydrogen-bond acceptors (Lipinski definition) is 6. The lowest BCUT2D eigenvalue weighted by atomic mass is 9.92. The zero-order valence-corrected chi connectivity index (χ0v) is 9.90. The van der Waals surface area contributed by atoms with Crippen molar-refractivity contribution >= 4 is 11.9 Å². The van der Waals surface area contributed by atoms with E-state index < -0.39 is 24.1 Å². The highest BCUT2D eigenvalue weighted by Crippen LogP contribution is 2.14. The van der Waals surface area contributed by atoms with Crippen LogP contribution in [0.5, 0.6) is 0 Å². The Kier molecular flexibility index (Phi) is 7.44.